The molecule has 0 saturated carbocycles. The fourth-order valence-electron chi connectivity index (χ4n) is 1.62. The Hall–Kier alpha value is -1.01. The third-order valence-electron chi connectivity index (χ3n) is 2.50. The Balaban J connectivity index is 2.10. The smallest absolute Gasteiger partial charge is 0.144 e. The summed E-state index contributed by atoms with van der Waals surface area (Å²) in [6.45, 7) is 1.93. The van der Waals surface area contributed by atoms with Crippen LogP contribution >= 0.6 is 34.3 Å². The van der Waals surface area contributed by atoms with Crippen LogP contribution < -0.4 is 5.73 Å². The highest BCUT2D eigenvalue weighted by Gasteiger charge is 2.13. The molecular weight excluding hydrogens is 286 g/mol. The largest absolute Gasteiger partial charge is 0.322 e. The Bertz CT molecular complexity index is 702. The standard InChI is InChI=1S/C12H10ClN3S2/c1-6(14)11-16-9(5-17-11)12-15-8-4-2-3-7(13)10(8)18-12/h2-6H,14H2,1H3. The number of nitrogens with two attached hydrogens (primary N) is 1. The highest BCUT2D eigenvalue weighted by Crippen LogP contribution is 2.35. The van der Waals surface area contributed by atoms with Crippen molar-refractivity contribution in [2.24, 2.45) is 5.73 Å². The van der Waals surface area contributed by atoms with E-state index in [0.717, 1.165) is 30.9 Å². The molecule has 0 bridgehead atoms. The minimum Gasteiger partial charge on any atom is -0.322 e. The Kier molecular flexibility index (Phi) is 3.07. The molecule has 2 aromatic heterocycles. The second kappa shape index (κ2) is 4.59. The molecule has 0 fully saturated rings. The molecule has 0 amide bonds. The average molecular weight is 296 g/mol. The van der Waals surface area contributed by atoms with E-state index in [4.69, 9.17) is 17.3 Å². The van der Waals surface area contributed by atoms with Crippen molar-refractivity contribution in [1.29, 1.82) is 0 Å². The van der Waals surface area contributed by atoms with Gasteiger partial charge in [0.1, 0.15) is 15.7 Å². The van der Waals surface area contributed by atoms with Crippen molar-refractivity contribution < 1.29 is 0 Å². The van der Waals surface area contributed by atoms with Gasteiger partial charge in [0.2, 0.25) is 0 Å². The molecule has 2 N–H and O–H groups in total. The first-order valence-corrected chi connectivity index (χ1v) is 7.49. The molecule has 18 heavy (non-hydrogen) atoms. The molecule has 2 heterocycles. The second-order valence-corrected chi connectivity index (χ2v) is 6.26. The van der Waals surface area contributed by atoms with Gasteiger partial charge >= 0.3 is 0 Å². The topological polar surface area (TPSA) is 51.8 Å². The summed E-state index contributed by atoms with van der Waals surface area (Å²) in [7, 11) is 0. The van der Waals surface area contributed by atoms with Gasteiger partial charge in [0.15, 0.2) is 0 Å². The van der Waals surface area contributed by atoms with Crippen LogP contribution in [0.1, 0.15) is 18.0 Å². The van der Waals surface area contributed by atoms with Crippen LogP contribution in [0.5, 0.6) is 0 Å². The Morgan fingerprint density at radius 2 is 2.17 bits per heavy atom. The van der Waals surface area contributed by atoms with Crippen LogP contribution in [0.2, 0.25) is 5.02 Å². The van der Waals surface area contributed by atoms with Crippen molar-refractivity contribution in [3.63, 3.8) is 0 Å². The van der Waals surface area contributed by atoms with Crippen LogP contribution in [-0.4, -0.2) is 9.97 Å². The predicted octanol–water partition coefficient (Wildman–Crippen LogP) is 4.09. The van der Waals surface area contributed by atoms with E-state index in [9.17, 15) is 0 Å². The lowest BCUT2D eigenvalue weighted by Crippen LogP contribution is -2.03. The number of hydrogen-bond donors (Lipinski definition) is 1. The van der Waals surface area contributed by atoms with Gasteiger partial charge in [-0.25, -0.2) is 9.97 Å². The first-order valence-electron chi connectivity index (χ1n) is 5.41. The van der Waals surface area contributed by atoms with Crippen molar-refractivity contribution in [1.82, 2.24) is 9.97 Å². The normalized spacial score (nSPS) is 13.1. The van der Waals surface area contributed by atoms with Crippen LogP contribution in [0.3, 0.4) is 0 Å². The molecular formula is C12H10ClN3S2. The number of fused-ring (bicyclic) bond motifs is 1. The van der Waals surface area contributed by atoms with Crippen LogP contribution in [0.15, 0.2) is 23.6 Å². The third kappa shape index (κ3) is 2.03. The Morgan fingerprint density at radius 1 is 1.33 bits per heavy atom. The van der Waals surface area contributed by atoms with Gasteiger partial charge in [0.25, 0.3) is 0 Å². The van der Waals surface area contributed by atoms with E-state index in [1.165, 1.54) is 0 Å². The van der Waals surface area contributed by atoms with Gasteiger partial charge in [0, 0.05) is 5.38 Å². The number of benzene rings is 1. The summed E-state index contributed by atoms with van der Waals surface area (Å²) < 4.78 is 1.00. The molecule has 92 valence electrons. The molecule has 1 atom stereocenters. The monoisotopic (exact) mass is 295 g/mol. The minimum atomic E-state index is -0.0401. The van der Waals surface area contributed by atoms with Gasteiger partial charge < -0.3 is 5.73 Å². The number of hydrogen-bond acceptors (Lipinski definition) is 5. The van der Waals surface area contributed by atoms with Crippen LogP contribution in [0.25, 0.3) is 20.9 Å². The van der Waals surface area contributed by atoms with Gasteiger partial charge in [-0.3, -0.25) is 0 Å². The van der Waals surface area contributed by atoms with E-state index in [-0.39, 0.29) is 6.04 Å². The Morgan fingerprint density at radius 3 is 2.83 bits per heavy atom. The molecule has 0 aliphatic rings. The molecule has 0 aliphatic heterocycles. The maximum absolute atomic E-state index is 6.15. The Labute approximate surface area is 117 Å². The molecule has 3 nitrogen and oxygen atoms in total. The number of thiazole rings is 2. The molecule has 1 unspecified atom stereocenters. The minimum absolute atomic E-state index is 0.0401. The fraction of sp³-hybridized carbons (Fsp3) is 0.167. The highest BCUT2D eigenvalue weighted by molar-refractivity contribution is 7.22. The molecule has 3 aromatic rings. The van der Waals surface area contributed by atoms with Crippen LogP contribution in [0.4, 0.5) is 0 Å². The number of rotatable bonds is 2. The maximum Gasteiger partial charge on any atom is 0.144 e. The summed E-state index contributed by atoms with van der Waals surface area (Å²) in [5.74, 6) is 0. The van der Waals surface area contributed by atoms with Crippen molar-refractivity contribution in [3.8, 4) is 10.7 Å². The summed E-state index contributed by atoms with van der Waals surface area (Å²) in [5.41, 5.74) is 7.61. The van der Waals surface area contributed by atoms with Gasteiger partial charge in [0.05, 0.1) is 21.3 Å². The van der Waals surface area contributed by atoms with Gasteiger partial charge in [-0.15, -0.1) is 22.7 Å². The van der Waals surface area contributed by atoms with Crippen LogP contribution in [0, 0.1) is 0 Å². The van der Waals surface area contributed by atoms with E-state index >= 15 is 0 Å². The lowest BCUT2D eigenvalue weighted by Gasteiger charge is -1.96. The second-order valence-electron chi connectivity index (χ2n) is 3.97. The summed E-state index contributed by atoms with van der Waals surface area (Å²) in [5, 5.41) is 4.54. The lowest BCUT2D eigenvalue weighted by atomic mass is 10.3. The molecule has 1 aromatic carbocycles. The van der Waals surface area contributed by atoms with E-state index in [0.29, 0.717) is 0 Å². The first-order chi connectivity index (χ1) is 8.65. The van der Waals surface area contributed by atoms with E-state index < -0.39 is 0 Å². The van der Waals surface area contributed by atoms with Gasteiger partial charge in [-0.2, -0.15) is 0 Å². The van der Waals surface area contributed by atoms with Crippen molar-refractivity contribution >= 4 is 44.5 Å². The summed E-state index contributed by atoms with van der Waals surface area (Å²) in [6.07, 6.45) is 0. The molecule has 0 saturated heterocycles. The van der Waals surface area contributed by atoms with E-state index in [1.54, 1.807) is 22.7 Å². The summed E-state index contributed by atoms with van der Waals surface area (Å²) >= 11 is 9.27. The summed E-state index contributed by atoms with van der Waals surface area (Å²) in [6, 6.07) is 5.70. The highest BCUT2D eigenvalue weighted by atomic mass is 35.5. The number of halogens is 1. The zero-order valence-corrected chi connectivity index (χ0v) is 11.9. The first kappa shape index (κ1) is 12.0. The molecule has 0 radical (unpaired) electrons. The van der Waals surface area contributed by atoms with Crippen molar-refractivity contribution in [3.05, 3.63) is 33.6 Å². The van der Waals surface area contributed by atoms with Gasteiger partial charge in [-0.1, -0.05) is 17.7 Å². The zero-order valence-electron chi connectivity index (χ0n) is 9.55. The molecule has 0 aliphatic carbocycles. The van der Waals surface area contributed by atoms with E-state index in [1.807, 2.05) is 30.5 Å². The average Bonchev–Trinajstić information content (AvgIpc) is 2.95. The van der Waals surface area contributed by atoms with Crippen LogP contribution in [-0.2, 0) is 0 Å². The molecule has 0 spiro atoms. The maximum atomic E-state index is 6.15. The van der Waals surface area contributed by atoms with E-state index in [2.05, 4.69) is 9.97 Å². The molecule has 6 heteroatoms. The lowest BCUT2D eigenvalue weighted by molar-refractivity contribution is 0.808. The van der Waals surface area contributed by atoms with Crippen molar-refractivity contribution in [2.45, 2.75) is 13.0 Å². The SMILES string of the molecule is CC(N)c1nc(-c2nc3cccc(Cl)c3s2)cs1. The fourth-order valence-corrected chi connectivity index (χ4v) is 3.67. The number of nitrogens with zero attached hydrogens (tertiary/aromatic N) is 2. The van der Waals surface area contributed by atoms with Gasteiger partial charge in [-0.05, 0) is 19.1 Å². The predicted molar refractivity (Wildman–Crippen MR) is 78.3 cm³/mol. The molecule has 3 rings (SSSR count). The summed E-state index contributed by atoms with van der Waals surface area (Å²) in [4.78, 5) is 9.06. The van der Waals surface area contributed by atoms with Crippen molar-refractivity contribution in [2.75, 3.05) is 0 Å². The third-order valence-corrected chi connectivity index (χ3v) is 5.10. The zero-order chi connectivity index (χ0) is 12.7. The quantitative estimate of drug-likeness (QED) is 0.774. The number of aromatic nitrogens is 2.